The highest BCUT2D eigenvalue weighted by Gasteiger charge is 2.28. The number of esters is 2. The number of thiophene rings is 1. The lowest BCUT2D eigenvalue weighted by molar-refractivity contribution is -0.115. The van der Waals surface area contributed by atoms with Gasteiger partial charge in [0, 0.05) is 17.8 Å². The van der Waals surface area contributed by atoms with E-state index in [-0.39, 0.29) is 27.9 Å². The maximum atomic E-state index is 12.8. The third-order valence-electron chi connectivity index (χ3n) is 5.11. The van der Waals surface area contributed by atoms with Gasteiger partial charge in [-0.2, -0.15) is 0 Å². The lowest BCUT2D eigenvalue weighted by Gasteiger charge is -2.31. The second kappa shape index (κ2) is 9.17. The van der Waals surface area contributed by atoms with Crippen LogP contribution in [0.3, 0.4) is 0 Å². The summed E-state index contributed by atoms with van der Waals surface area (Å²) in [6.45, 7) is 2.22. The van der Waals surface area contributed by atoms with Crippen LogP contribution in [-0.2, 0) is 20.7 Å². The highest BCUT2D eigenvalue weighted by Crippen LogP contribution is 2.34. The summed E-state index contributed by atoms with van der Waals surface area (Å²) in [7, 11) is 2.47. The number of rotatable bonds is 6. The van der Waals surface area contributed by atoms with E-state index in [1.807, 2.05) is 11.0 Å². The van der Waals surface area contributed by atoms with Gasteiger partial charge in [0.1, 0.15) is 9.88 Å². The molecule has 0 unspecified atom stereocenters. The van der Waals surface area contributed by atoms with Crippen LogP contribution in [-0.4, -0.2) is 51.1 Å². The normalized spacial score (nSPS) is 12.7. The van der Waals surface area contributed by atoms with Gasteiger partial charge in [-0.1, -0.05) is 6.07 Å². The molecule has 2 heterocycles. The Morgan fingerprint density at radius 3 is 2.52 bits per heavy atom. The number of nitrogens with one attached hydrogen (secondary N) is 1. The van der Waals surface area contributed by atoms with Gasteiger partial charge in [0.25, 0.3) is 0 Å². The number of methoxy groups -OCH3 is 2. The molecule has 0 aliphatic carbocycles. The van der Waals surface area contributed by atoms with E-state index in [9.17, 15) is 19.2 Å². The molecular weight excluding hydrogens is 422 g/mol. The van der Waals surface area contributed by atoms with Crippen molar-refractivity contribution in [2.24, 2.45) is 5.73 Å². The number of hydrogen-bond acceptors (Lipinski definition) is 8. The van der Waals surface area contributed by atoms with Crippen molar-refractivity contribution in [1.82, 2.24) is 0 Å². The minimum Gasteiger partial charge on any atom is -0.465 e. The van der Waals surface area contributed by atoms with Crippen molar-refractivity contribution in [2.45, 2.75) is 19.8 Å². The average molecular weight is 445 g/mol. The molecule has 0 radical (unpaired) electrons. The minimum absolute atomic E-state index is 0.000330. The Bertz CT molecular complexity index is 1060. The fourth-order valence-electron chi connectivity index (χ4n) is 3.67. The monoisotopic (exact) mass is 445 g/mol. The number of nitrogens with zero attached hydrogens (tertiary/aromatic N) is 1. The van der Waals surface area contributed by atoms with Gasteiger partial charge in [-0.05, 0) is 43.0 Å². The number of anilines is 2. The molecule has 2 amide bonds. The first-order valence-corrected chi connectivity index (χ1v) is 10.4. The molecule has 3 N–H and O–H groups in total. The summed E-state index contributed by atoms with van der Waals surface area (Å²) in [6, 6.07) is 5.25. The van der Waals surface area contributed by atoms with E-state index in [2.05, 4.69) is 5.32 Å². The zero-order valence-electron chi connectivity index (χ0n) is 17.4. The number of benzene rings is 1. The van der Waals surface area contributed by atoms with Gasteiger partial charge in [-0.25, -0.2) is 9.59 Å². The number of primary amides is 1. The first-order chi connectivity index (χ1) is 14.8. The van der Waals surface area contributed by atoms with E-state index in [4.69, 9.17) is 15.2 Å². The first kappa shape index (κ1) is 22.3. The standard InChI is InChI=1S/C21H23N3O6S/c1-11-16(20(27)29-2)19(31-17(11)21(28)30-3)23-15(25)10-24-9-5-7-12-13(18(22)26)6-4-8-14(12)24/h4,6,8H,5,7,9-10H2,1-3H3,(H2,22,26)(H,23,25). The van der Waals surface area contributed by atoms with E-state index < -0.39 is 17.8 Å². The SMILES string of the molecule is COC(=O)c1sc(NC(=O)CN2CCCc3c(C(N)=O)cccc32)c(C(=O)OC)c1C. The van der Waals surface area contributed by atoms with Crippen LogP contribution in [0.15, 0.2) is 18.2 Å². The molecule has 0 atom stereocenters. The van der Waals surface area contributed by atoms with Gasteiger partial charge in [-0.3, -0.25) is 9.59 Å². The van der Waals surface area contributed by atoms with Crippen molar-refractivity contribution < 1.29 is 28.7 Å². The molecule has 2 aromatic rings. The van der Waals surface area contributed by atoms with Crippen LogP contribution in [0.25, 0.3) is 0 Å². The lowest BCUT2D eigenvalue weighted by Crippen LogP contribution is -2.37. The maximum Gasteiger partial charge on any atom is 0.348 e. The Morgan fingerprint density at radius 1 is 1.16 bits per heavy atom. The molecule has 164 valence electrons. The van der Waals surface area contributed by atoms with Crippen LogP contribution in [0, 0.1) is 6.92 Å². The molecule has 3 rings (SSSR count). The number of carbonyl (C=O) groups excluding carboxylic acids is 4. The van der Waals surface area contributed by atoms with E-state index >= 15 is 0 Å². The number of fused-ring (bicyclic) bond motifs is 1. The Balaban J connectivity index is 1.86. The van der Waals surface area contributed by atoms with Gasteiger partial charge in [-0.15, -0.1) is 11.3 Å². The molecule has 1 aromatic carbocycles. The molecule has 0 spiro atoms. The van der Waals surface area contributed by atoms with Crippen LogP contribution < -0.4 is 16.0 Å². The average Bonchev–Trinajstić information content (AvgIpc) is 3.07. The molecule has 10 heteroatoms. The number of carbonyl (C=O) groups is 4. The van der Waals surface area contributed by atoms with Crippen molar-refractivity contribution in [2.75, 3.05) is 37.5 Å². The quantitative estimate of drug-likeness (QED) is 0.652. The summed E-state index contributed by atoms with van der Waals surface area (Å²) in [5.74, 6) is -2.14. The highest BCUT2D eigenvalue weighted by atomic mass is 32.1. The molecule has 0 saturated heterocycles. The van der Waals surface area contributed by atoms with Crippen molar-refractivity contribution >= 4 is 45.8 Å². The Hall–Kier alpha value is -3.40. The molecule has 0 saturated carbocycles. The minimum atomic E-state index is -0.659. The van der Waals surface area contributed by atoms with Crippen molar-refractivity contribution in [1.29, 1.82) is 0 Å². The Morgan fingerprint density at radius 2 is 1.87 bits per heavy atom. The fourth-order valence-corrected chi connectivity index (χ4v) is 4.80. The molecule has 1 aromatic heterocycles. The molecule has 1 aliphatic heterocycles. The number of nitrogens with two attached hydrogens (primary N) is 1. The van der Waals surface area contributed by atoms with Crippen molar-refractivity contribution in [3.63, 3.8) is 0 Å². The molecule has 1 aliphatic rings. The number of ether oxygens (including phenoxy) is 2. The molecule has 0 fully saturated rings. The summed E-state index contributed by atoms with van der Waals surface area (Å²) >= 11 is 0.958. The second-order valence-electron chi connectivity index (χ2n) is 6.98. The predicted molar refractivity (Wildman–Crippen MR) is 116 cm³/mol. The van der Waals surface area contributed by atoms with E-state index in [0.717, 1.165) is 29.0 Å². The summed E-state index contributed by atoms with van der Waals surface area (Å²) in [6.07, 6.45) is 1.47. The zero-order valence-corrected chi connectivity index (χ0v) is 18.3. The van der Waals surface area contributed by atoms with Gasteiger partial charge in [0.05, 0.1) is 26.3 Å². The van der Waals surface area contributed by atoms with Crippen LogP contribution in [0.5, 0.6) is 0 Å². The van der Waals surface area contributed by atoms with E-state index in [1.165, 1.54) is 14.2 Å². The van der Waals surface area contributed by atoms with Crippen LogP contribution in [0.4, 0.5) is 10.7 Å². The largest absolute Gasteiger partial charge is 0.465 e. The lowest BCUT2D eigenvalue weighted by atomic mass is 9.96. The number of hydrogen-bond donors (Lipinski definition) is 2. The number of amides is 2. The first-order valence-electron chi connectivity index (χ1n) is 9.55. The maximum absolute atomic E-state index is 12.8. The van der Waals surface area contributed by atoms with Gasteiger partial charge in [0.2, 0.25) is 11.8 Å². The van der Waals surface area contributed by atoms with Crippen molar-refractivity contribution in [3.8, 4) is 0 Å². The summed E-state index contributed by atoms with van der Waals surface area (Å²) in [4.78, 5) is 50.9. The molecule has 31 heavy (non-hydrogen) atoms. The van der Waals surface area contributed by atoms with E-state index in [0.29, 0.717) is 24.1 Å². The molecular formula is C21H23N3O6S. The van der Waals surface area contributed by atoms with Gasteiger partial charge in [0.15, 0.2) is 0 Å². The topological polar surface area (TPSA) is 128 Å². The van der Waals surface area contributed by atoms with Gasteiger partial charge >= 0.3 is 11.9 Å². The fraction of sp³-hybridized carbons (Fsp3) is 0.333. The Kier molecular flexibility index (Phi) is 6.59. The van der Waals surface area contributed by atoms with Gasteiger partial charge < -0.3 is 25.4 Å². The third-order valence-corrected chi connectivity index (χ3v) is 6.29. The summed E-state index contributed by atoms with van der Waals surface area (Å²) in [5, 5.41) is 2.94. The molecule has 9 nitrogen and oxygen atoms in total. The van der Waals surface area contributed by atoms with Crippen molar-refractivity contribution in [3.05, 3.63) is 45.3 Å². The third kappa shape index (κ3) is 4.38. The predicted octanol–water partition coefficient (Wildman–Crippen LogP) is 2.12. The van der Waals surface area contributed by atoms with Crippen LogP contribution >= 0.6 is 11.3 Å². The summed E-state index contributed by atoms with van der Waals surface area (Å²) in [5.41, 5.74) is 8.04. The molecule has 0 bridgehead atoms. The van der Waals surface area contributed by atoms with Crippen LogP contribution in [0.2, 0.25) is 0 Å². The Labute approximate surface area is 183 Å². The van der Waals surface area contributed by atoms with Crippen LogP contribution in [0.1, 0.15) is 47.9 Å². The smallest absolute Gasteiger partial charge is 0.348 e. The second-order valence-corrected chi connectivity index (χ2v) is 8.00. The zero-order chi connectivity index (χ0) is 22.7. The van der Waals surface area contributed by atoms with E-state index in [1.54, 1.807) is 19.1 Å². The highest BCUT2D eigenvalue weighted by molar-refractivity contribution is 7.18. The summed E-state index contributed by atoms with van der Waals surface area (Å²) < 4.78 is 9.56.